The molecule has 0 unspecified atom stereocenters. The Morgan fingerprint density at radius 2 is 1.57 bits per heavy atom. The Bertz CT molecular complexity index is 1620. The van der Waals surface area contributed by atoms with Gasteiger partial charge in [0.1, 0.15) is 46.1 Å². The zero-order chi connectivity index (χ0) is 33.2. The average molecular weight is 662 g/mol. The predicted octanol–water partition coefficient (Wildman–Crippen LogP) is 6.47. The van der Waals surface area contributed by atoms with Gasteiger partial charge in [0, 0.05) is 68.6 Å². The molecular formula is C35H44ClN7O4. The highest BCUT2D eigenvalue weighted by Crippen LogP contribution is 2.24. The van der Waals surface area contributed by atoms with E-state index in [2.05, 4.69) is 37.7 Å². The summed E-state index contributed by atoms with van der Waals surface area (Å²) < 4.78 is 17.3. The first-order valence-corrected chi connectivity index (χ1v) is 16.5. The number of benzene rings is 1. The van der Waals surface area contributed by atoms with E-state index in [1.807, 2.05) is 45.0 Å². The van der Waals surface area contributed by atoms with E-state index in [4.69, 9.17) is 31.5 Å². The summed E-state index contributed by atoms with van der Waals surface area (Å²) in [4.78, 5) is 26.1. The Balaban J connectivity index is 0.000000189. The van der Waals surface area contributed by atoms with Gasteiger partial charge >= 0.3 is 6.09 Å². The van der Waals surface area contributed by atoms with Crippen LogP contribution in [-0.2, 0) is 11.3 Å². The Hall–Kier alpha value is -4.35. The molecule has 1 aromatic carbocycles. The molecule has 0 atom stereocenters. The second kappa shape index (κ2) is 16.0. The van der Waals surface area contributed by atoms with Crippen molar-refractivity contribution in [1.82, 2.24) is 25.2 Å². The van der Waals surface area contributed by atoms with Crippen molar-refractivity contribution in [3.63, 3.8) is 0 Å². The van der Waals surface area contributed by atoms with Crippen molar-refractivity contribution < 1.29 is 19.0 Å². The van der Waals surface area contributed by atoms with Crippen LogP contribution in [0.1, 0.15) is 52.0 Å². The third kappa shape index (κ3) is 10.6. The number of amides is 1. The first kappa shape index (κ1) is 34.0. The number of nitrogens with zero attached hydrogens (tertiary/aromatic N) is 4. The summed E-state index contributed by atoms with van der Waals surface area (Å²) in [7, 11) is 0. The summed E-state index contributed by atoms with van der Waals surface area (Å²) in [5, 5.41) is 9.20. The van der Waals surface area contributed by atoms with E-state index in [-0.39, 0.29) is 18.3 Å². The SMILES string of the molecule is CC(C)(C)OC(=O)N1CCC(Oc2ccnc(Cl)c2)CC1.Nc1nccc2cc(CNc3cc(OC4CCNCC4)ccn3)ccc12. The molecule has 2 aliphatic rings. The number of pyridine rings is 3. The predicted molar refractivity (Wildman–Crippen MR) is 185 cm³/mol. The van der Waals surface area contributed by atoms with E-state index in [1.54, 1.807) is 35.6 Å². The van der Waals surface area contributed by atoms with E-state index < -0.39 is 5.60 Å². The lowest BCUT2D eigenvalue weighted by Gasteiger charge is -2.33. The van der Waals surface area contributed by atoms with Gasteiger partial charge in [-0.2, -0.15) is 0 Å². The van der Waals surface area contributed by atoms with Crippen molar-refractivity contribution in [3.05, 3.63) is 77.8 Å². The highest BCUT2D eigenvalue weighted by molar-refractivity contribution is 6.29. The van der Waals surface area contributed by atoms with Crippen LogP contribution in [0.5, 0.6) is 11.5 Å². The molecule has 0 aliphatic carbocycles. The molecule has 3 aromatic heterocycles. The highest BCUT2D eigenvalue weighted by Gasteiger charge is 2.27. The third-order valence-electron chi connectivity index (χ3n) is 7.75. The number of nitrogens with two attached hydrogens (primary N) is 1. The molecule has 2 aliphatic heterocycles. The van der Waals surface area contributed by atoms with Gasteiger partial charge in [0.15, 0.2) is 0 Å². The molecule has 4 N–H and O–H groups in total. The summed E-state index contributed by atoms with van der Waals surface area (Å²) in [5.41, 5.74) is 6.61. The zero-order valence-corrected chi connectivity index (χ0v) is 28.0. The van der Waals surface area contributed by atoms with E-state index in [1.165, 1.54) is 0 Å². The van der Waals surface area contributed by atoms with Crippen molar-refractivity contribution in [3.8, 4) is 11.5 Å². The number of likely N-dealkylation sites (tertiary alicyclic amines) is 1. The summed E-state index contributed by atoms with van der Waals surface area (Å²) in [5.74, 6) is 2.95. The third-order valence-corrected chi connectivity index (χ3v) is 7.95. The van der Waals surface area contributed by atoms with Crippen molar-refractivity contribution in [1.29, 1.82) is 0 Å². The van der Waals surface area contributed by atoms with Gasteiger partial charge in [-0.1, -0.05) is 23.7 Å². The molecule has 47 heavy (non-hydrogen) atoms. The van der Waals surface area contributed by atoms with Crippen LogP contribution in [0.25, 0.3) is 10.8 Å². The summed E-state index contributed by atoms with van der Waals surface area (Å²) in [6.07, 6.45) is 8.89. The maximum Gasteiger partial charge on any atom is 0.410 e. The van der Waals surface area contributed by atoms with E-state index >= 15 is 0 Å². The van der Waals surface area contributed by atoms with Gasteiger partial charge in [-0.3, -0.25) is 0 Å². The first-order valence-electron chi connectivity index (χ1n) is 16.1. The molecule has 1 amide bonds. The topological polar surface area (TPSA) is 137 Å². The lowest BCUT2D eigenvalue weighted by molar-refractivity contribution is 0.0126. The number of aromatic nitrogens is 3. The number of halogens is 1. The van der Waals surface area contributed by atoms with Crippen LogP contribution < -0.4 is 25.8 Å². The van der Waals surface area contributed by atoms with Gasteiger partial charge < -0.3 is 35.5 Å². The molecule has 0 spiro atoms. The van der Waals surface area contributed by atoms with Crippen molar-refractivity contribution >= 4 is 40.1 Å². The number of nitrogen functional groups attached to an aromatic ring is 1. The molecule has 2 saturated heterocycles. The first-order chi connectivity index (χ1) is 22.6. The van der Waals surface area contributed by atoms with Gasteiger partial charge in [0.2, 0.25) is 0 Å². The normalized spacial score (nSPS) is 15.8. The smallest absolute Gasteiger partial charge is 0.410 e. The molecule has 0 bridgehead atoms. The molecule has 12 heteroatoms. The summed E-state index contributed by atoms with van der Waals surface area (Å²) >= 11 is 5.83. The van der Waals surface area contributed by atoms with Crippen LogP contribution in [0.2, 0.25) is 5.15 Å². The second-order valence-electron chi connectivity index (χ2n) is 12.6. The Labute approximate surface area is 281 Å². The molecule has 4 aromatic rings. The molecule has 5 heterocycles. The Morgan fingerprint density at radius 1 is 0.915 bits per heavy atom. The van der Waals surface area contributed by atoms with Crippen molar-refractivity contribution in [2.45, 2.75) is 70.8 Å². The average Bonchev–Trinajstić information content (AvgIpc) is 3.04. The molecular weight excluding hydrogens is 618 g/mol. The van der Waals surface area contributed by atoms with Crippen LogP contribution in [0.3, 0.4) is 0 Å². The minimum atomic E-state index is -0.460. The van der Waals surface area contributed by atoms with Gasteiger partial charge in [-0.25, -0.2) is 19.7 Å². The van der Waals surface area contributed by atoms with Gasteiger partial charge in [0.25, 0.3) is 0 Å². The van der Waals surface area contributed by atoms with Gasteiger partial charge in [-0.05, 0) is 81.9 Å². The largest absolute Gasteiger partial charge is 0.490 e. The number of fused-ring (bicyclic) bond motifs is 1. The monoisotopic (exact) mass is 661 g/mol. The number of hydrogen-bond acceptors (Lipinski definition) is 10. The lowest BCUT2D eigenvalue weighted by atomic mass is 10.1. The number of carbonyl (C=O) groups is 1. The fraction of sp³-hybridized carbons (Fsp3) is 0.429. The maximum atomic E-state index is 12.0. The van der Waals surface area contributed by atoms with Crippen molar-refractivity contribution in [2.75, 3.05) is 37.2 Å². The minimum absolute atomic E-state index is 0.0853. The Morgan fingerprint density at radius 3 is 2.28 bits per heavy atom. The maximum absolute atomic E-state index is 12.0. The van der Waals surface area contributed by atoms with Crippen LogP contribution in [0.4, 0.5) is 16.4 Å². The van der Waals surface area contributed by atoms with E-state index in [0.29, 0.717) is 36.4 Å². The van der Waals surface area contributed by atoms with Crippen LogP contribution in [-0.4, -0.2) is 69.9 Å². The zero-order valence-electron chi connectivity index (χ0n) is 27.2. The van der Waals surface area contributed by atoms with Crippen molar-refractivity contribution in [2.24, 2.45) is 0 Å². The molecule has 2 fully saturated rings. The number of rotatable bonds is 7. The number of nitrogens with one attached hydrogen (secondary N) is 2. The molecule has 11 nitrogen and oxygen atoms in total. The number of hydrogen-bond donors (Lipinski definition) is 3. The standard InChI is InChI=1S/C20H23N5O.C15H21ClN2O3/c21-20-18-2-1-14(11-15(18)3-9-24-20)13-25-19-12-17(6-10-23-19)26-16-4-7-22-8-5-16;1-15(2,3)21-14(19)18-8-5-11(6-9-18)20-12-4-7-17-13(16)10-12/h1-3,6,9-12,16,22H,4-5,7-8,13H2,(H2,21,24)(H,23,25);4,7,10-11H,5-6,8-9H2,1-3H3. The highest BCUT2D eigenvalue weighted by atomic mass is 35.5. The minimum Gasteiger partial charge on any atom is -0.490 e. The Kier molecular flexibility index (Phi) is 11.6. The van der Waals surface area contributed by atoms with Crippen LogP contribution in [0, 0.1) is 0 Å². The van der Waals surface area contributed by atoms with Gasteiger partial charge in [-0.15, -0.1) is 0 Å². The van der Waals surface area contributed by atoms with E-state index in [9.17, 15) is 4.79 Å². The van der Waals surface area contributed by atoms with E-state index in [0.717, 1.165) is 66.7 Å². The summed E-state index contributed by atoms with van der Waals surface area (Å²) in [6.45, 7) is 9.60. The number of carbonyl (C=O) groups excluding carboxylic acids is 1. The molecule has 0 radical (unpaired) electrons. The van der Waals surface area contributed by atoms with Crippen LogP contribution >= 0.6 is 11.6 Å². The summed E-state index contributed by atoms with van der Waals surface area (Å²) in [6, 6.07) is 15.5. The number of ether oxygens (including phenoxy) is 3. The van der Waals surface area contributed by atoms with Gasteiger partial charge in [0.05, 0.1) is 0 Å². The second-order valence-corrected chi connectivity index (χ2v) is 13.0. The molecule has 6 rings (SSSR count). The molecule has 0 saturated carbocycles. The number of piperidine rings is 2. The quantitative estimate of drug-likeness (QED) is 0.189. The van der Waals surface area contributed by atoms with Crippen LogP contribution in [0.15, 0.2) is 67.1 Å². The fourth-order valence-corrected chi connectivity index (χ4v) is 5.54. The molecule has 250 valence electrons. The number of anilines is 2. The lowest BCUT2D eigenvalue weighted by Crippen LogP contribution is -2.44. The fourth-order valence-electron chi connectivity index (χ4n) is 5.37.